The number of anilines is 1. The molecule has 0 saturated heterocycles. The fourth-order valence-electron chi connectivity index (χ4n) is 0.882. The van der Waals surface area contributed by atoms with E-state index < -0.39 is 21.0 Å². The van der Waals surface area contributed by atoms with Crippen molar-refractivity contribution in [3.63, 3.8) is 0 Å². The number of carbonyl (C=O) groups is 1. The average Bonchev–Trinajstić information content (AvgIpc) is 2.01. The summed E-state index contributed by atoms with van der Waals surface area (Å²) in [5.74, 6) is -1.53. The van der Waals surface area contributed by atoms with Crippen LogP contribution >= 0.6 is 0 Å². The van der Waals surface area contributed by atoms with Crippen molar-refractivity contribution in [2.45, 2.75) is 4.90 Å². The van der Waals surface area contributed by atoms with Gasteiger partial charge in [-0.25, -0.2) is 8.42 Å². The zero-order valence-corrected chi connectivity index (χ0v) is 13.6. The van der Waals surface area contributed by atoms with Crippen molar-refractivity contribution in [2.75, 3.05) is 5.73 Å². The summed E-state index contributed by atoms with van der Waals surface area (Å²) in [5, 5.41) is 10.4. The minimum atomic E-state index is -4.61. The van der Waals surface area contributed by atoms with Gasteiger partial charge in [-0.15, -0.1) is 0 Å². The Kier molecular flexibility index (Phi) is 8.17. The van der Waals surface area contributed by atoms with E-state index in [-0.39, 0.29) is 70.4 Å². The van der Waals surface area contributed by atoms with Crippen LogP contribution in [-0.2, 0) is 10.1 Å². The number of nitrogens with two attached hydrogens (primary N) is 1. The average molecular weight is 261 g/mol. The van der Waals surface area contributed by atoms with Crippen LogP contribution in [0.15, 0.2) is 23.1 Å². The van der Waals surface area contributed by atoms with E-state index in [9.17, 15) is 22.9 Å². The first kappa shape index (κ1) is 18.8. The molecule has 1 aromatic carbocycles. The number of carboxylic acid groups (broad SMARTS) is 1. The van der Waals surface area contributed by atoms with Crippen molar-refractivity contribution in [1.29, 1.82) is 0 Å². The largest absolute Gasteiger partial charge is 1.00 e. The van der Waals surface area contributed by atoms with Crippen LogP contribution in [0, 0.1) is 0 Å². The maximum atomic E-state index is 10.5. The predicted octanol–water partition coefficient (Wildman–Crippen LogP) is -7.46. The topological polar surface area (TPSA) is 123 Å². The van der Waals surface area contributed by atoms with Crippen molar-refractivity contribution >= 4 is 21.8 Å². The fourth-order valence-corrected chi connectivity index (χ4v) is 1.39. The number of carbonyl (C=O) groups excluding carboxylic acids is 1. The minimum Gasteiger partial charge on any atom is -0.744 e. The van der Waals surface area contributed by atoms with Gasteiger partial charge in [0.1, 0.15) is 10.1 Å². The second-order valence-electron chi connectivity index (χ2n) is 2.49. The van der Waals surface area contributed by atoms with E-state index >= 15 is 0 Å². The molecule has 0 unspecified atom stereocenters. The van der Waals surface area contributed by atoms with Gasteiger partial charge in [0.25, 0.3) is 0 Å². The monoisotopic (exact) mass is 261 g/mol. The van der Waals surface area contributed by atoms with Gasteiger partial charge in [-0.1, -0.05) is 0 Å². The third-order valence-electron chi connectivity index (χ3n) is 1.53. The molecule has 0 aliphatic carbocycles. The van der Waals surface area contributed by atoms with Crippen LogP contribution in [0.25, 0.3) is 0 Å². The summed E-state index contributed by atoms with van der Waals surface area (Å²) >= 11 is 0. The van der Waals surface area contributed by atoms with Crippen LogP contribution in [0.1, 0.15) is 10.4 Å². The molecule has 0 radical (unpaired) electrons. The predicted molar refractivity (Wildman–Crippen MR) is 43.1 cm³/mol. The third kappa shape index (κ3) is 4.72. The Morgan fingerprint density at radius 2 is 1.75 bits per heavy atom. The van der Waals surface area contributed by atoms with Crippen LogP contribution in [0.3, 0.4) is 0 Å². The molecule has 16 heavy (non-hydrogen) atoms. The first-order valence-electron chi connectivity index (χ1n) is 3.39. The molecule has 0 aliphatic rings. The van der Waals surface area contributed by atoms with Crippen LogP contribution < -0.4 is 70.0 Å². The first-order valence-corrected chi connectivity index (χ1v) is 4.80. The van der Waals surface area contributed by atoms with E-state index in [2.05, 4.69) is 0 Å². The molecule has 1 rings (SSSR count). The molecule has 0 aliphatic heterocycles. The van der Waals surface area contributed by atoms with E-state index in [1.807, 2.05) is 0 Å². The van der Waals surface area contributed by atoms with E-state index in [0.717, 1.165) is 18.2 Å². The summed E-state index contributed by atoms with van der Waals surface area (Å²) in [4.78, 5) is 9.79. The summed E-state index contributed by atoms with van der Waals surface area (Å²) in [5.41, 5.74) is 4.53. The second-order valence-corrected chi connectivity index (χ2v) is 3.87. The molecule has 9 heteroatoms. The van der Waals surface area contributed by atoms with E-state index in [1.165, 1.54) is 0 Å². The van der Waals surface area contributed by atoms with Crippen LogP contribution in [0.4, 0.5) is 5.69 Å². The second kappa shape index (κ2) is 6.97. The van der Waals surface area contributed by atoms with Crippen LogP contribution in [0.5, 0.6) is 0 Å². The maximum Gasteiger partial charge on any atom is 1.00 e. The number of benzene rings is 1. The number of nitrogen functional groups attached to an aromatic ring is 1. The summed E-state index contributed by atoms with van der Waals surface area (Å²) in [6.07, 6.45) is 0. The van der Waals surface area contributed by atoms with Gasteiger partial charge in [-0.2, -0.15) is 0 Å². The summed E-state index contributed by atoms with van der Waals surface area (Å²) in [7, 11) is -4.61. The van der Waals surface area contributed by atoms with Crippen molar-refractivity contribution < 1.29 is 82.0 Å². The van der Waals surface area contributed by atoms with Gasteiger partial charge in [-0.3, -0.25) is 0 Å². The molecular weight excluding hydrogens is 256 g/mol. The zero-order valence-electron chi connectivity index (χ0n) is 8.76. The summed E-state index contributed by atoms with van der Waals surface area (Å²) < 4.78 is 31.5. The number of rotatable bonds is 2. The molecule has 0 bridgehead atoms. The summed E-state index contributed by atoms with van der Waals surface area (Å²) in [6.45, 7) is 0. The Labute approximate surface area is 137 Å². The molecule has 2 N–H and O–H groups in total. The zero-order chi connectivity index (χ0) is 10.9. The standard InChI is InChI=1S/C7H7NO5S.2Na/c8-6-3-4(14(11,12)13)1-2-5(6)7(9)10;;/h1-3H,8H2,(H,9,10)(H,11,12,13);;/q;2*+1/p-2. The molecule has 0 saturated carbocycles. The molecule has 0 spiro atoms. The molecule has 0 heterocycles. The van der Waals surface area contributed by atoms with E-state index in [0.29, 0.717) is 0 Å². The molecule has 0 atom stereocenters. The Hall–Kier alpha value is 0.400. The van der Waals surface area contributed by atoms with Gasteiger partial charge in [0.15, 0.2) is 0 Å². The minimum absolute atomic E-state index is 0. The normalized spacial score (nSPS) is 9.81. The Morgan fingerprint density at radius 1 is 1.25 bits per heavy atom. The number of hydrogen-bond donors (Lipinski definition) is 1. The maximum absolute atomic E-state index is 10.5. The molecule has 0 aromatic heterocycles. The van der Waals surface area contributed by atoms with Crippen LogP contribution in [-0.4, -0.2) is 18.9 Å². The van der Waals surface area contributed by atoms with Gasteiger partial charge < -0.3 is 20.2 Å². The Balaban J connectivity index is 0. The van der Waals surface area contributed by atoms with Gasteiger partial charge in [-0.05, 0) is 18.2 Å². The van der Waals surface area contributed by atoms with Crippen molar-refractivity contribution in [1.82, 2.24) is 0 Å². The molecule has 1 aromatic rings. The number of hydrogen-bond acceptors (Lipinski definition) is 6. The molecule has 76 valence electrons. The van der Waals surface area contributed by atoms with Crippen molar-refractivity contribution in [2.24, 2.45) is 0 Å². The van der Waals surface area contributed by atoms with E-state index in [4.69, 9.17) is 5.73 Å². The SMILES string of the molecule is Nc1cc(S(=O)(=O)[O-])ccc1C(=O)[O-].[Na+].[Na+]. The molecule has 6 nitrogen and oxygen atoms in total. The van der Waals surface area contributed by atoms with Crippen LogP contribution in [0.2, 0.25) is 0 Å². The quantitative estimate of drug-likeness (QED) is 0.320. The van der Waals surface area contributed by atoms with E-state index in [1.54, 1.807) is 0 Å². The van der Waals surface area contributed by atoms with Gasteiger partial charge >= 0.3 is 59.1 Å². The molecule has 0 fully saturated rings. The Bertz CT molecular complexity index is 488. The first-order chi connectivity index (χ1) is 6.32. The Morgan fingerprint density at radius 3 is 2.06 bits per heavy atom. The van der Waals surface area contributed by atoms with Crippen molar-refractivity contribution in [3.05, 3.63) is 23.8 Å². The fraction of sp³-hybridized carbons (Fsp3) is 0. The number of carboxylic acids is 1. The van der Waals surface area contributed by atoms with Gasteiger partial charge in [0, 0.05) is 11.3 Å². The third-order valence-corrected chi connectivity index (χ3v) is 2.36. The number of aromatic carboxylic acids is 1. The summed E-state index contributed by atoms with van der Waals surface area (Å²) in [6, 6.07) is 2.56. The van der Waals surface area contributed by atoms with Gasteiger partial charge in [0.2, 0.25) is 0 Å². The van der Waals surface area contributed by atoms with Crippen molar-refractivity contribution in [3.8, 4) is 0 Å². The van der Waals surface area contributed by atoms with Gasteiger partial charge in [0.05, 0.1) is 10.9 Å². The smallest absolute Gasteiger partial charge is 0.744 e. The molecule has 0 amide bonds. The molecular formula is C7H5NNa2O5S.